The summed E-state index contributed by atoms with van der Waals surface area (Å²) < 4.78 is 78.6. The third-order valence-corrected chi connectivity index (χ3v) is 8.18. The quantitative estimate of drug-likeness (QED) is 0.628. The van der Waals surface area contributed by atoms with Crippen LogP contribution in [0.3, 0.4) is 0 Å². The Hall–Kier alpha value is -2.30. The van der Waals surface area contributed by atoms with Gasteiger partial charge in [0.1, 0.15) is 18.4 Å². The maximum Gasteiger partial charge on any atom is 0.407 e. The molecule has 1 fully saturated rings. The minimum Gasteiger partial charge on any atom is -0.490 e. The van der Waals surface area contributed by atoms with Gasteiger partial charge < -0.3 is 14.6 Å². The highest BCUT2D eigenvalue weighted by molar-refractivity contribution is 7.92. The van der Waals surface area contributed by atoms with E-state index in [1.165, 1.54) is 30.3 Å². The summed E-state index contributed by atoms with van der Waals surface area (Å²) in [6.07, 6.45) is -3.38. The van der Waals surface area contributed by atoms with Crippen LogP contribution in [-0.2, 0) is 21.2 Å². The summed E-state index contributed by atoms with van der Waals surface area (Å²) in [5, 5.41) is 10.8. The molecule has 2 atom stereocenters. The largest absolute Gasteiger partial charge is 0.490 e. The molecule has 1 N–H and O–H groups in total. The molecule has 0 saturated carbocycles. The van der Waals surface area contributed by atoms with Gasteiger partial charge in [-0.3, -0.25) is 4.31 Å². The van der Waals surface area contributed by atoms with Crippen LogP contribution in [0.25, 0.3) is 0 Å². The molecule has 0 aliphatic carbocycles. The molecule has 2 aromatic rings. The first kappa shape index (κ1) is 24.8. The maximum atomic E-state index is 13.4. The fourth-order valence-corrected chi connectivity index (χ4v) is 5.98. The van der Waals surface area contributed by atoms with Gasteiger partial charge >= 0.3 is 6.18 Å². The molecule has 0 radical (unpaired) electrons. The zero-order valence-corrected chi connectivity index (χ0v) is 19.6. The van der Waals surface area contributed by atoms with Crippen LogP contribution in [0, 0.1) is 5.92 Å². The van der Waals surface area contributed by atoms with Crippen LogP contribution >= 0.6 is 0 Å². The summed E-state index contributed by atoms with van der Waals surface area (Å²) in [6, 6.07) is 9.83. The highest BCUT2D eigenvalue weighted by atomic mass is 32.2. The lowest BCUT2D eigenvalue weighted by atomic mass is 9.87. The Morgan fingerprint density at radius 3 is 2.38 bits per heavy atom. The van der Waals surface area contributed by atoms with Gasteiger partial charge in [0.25, 0.3) is 10.0 Å². The van der Waals surface area contributed by atoms with E-state index < -0.39 is 28.8 Å². The molecular weight excluding hydrogens is 471 g/mol. The highest BCUT2D eigenvalue weighted by Crippen LogP contribution is 2.41. The SMILES string of the molecule is CCc1ccc(N(CC(F)(F)F)S(=O)(=O)c2ccc3c(c2)C(O)CC(C2CCOCC2)O3)cc1. The number of anilines is 1. The predicted molar refractivity (Wildman–Crippen MR) is 120 cm³/mol. The van der Waals surface area contributed by atoms with E-state index in [2.05, 4.69) is 0 Å². The lowest BCUT2D eigenvalue weighted by molar-refractivity contribution is -0.117. The van der Waals surface area contributed by atoms with E-state index >= 15 is 0 Å². The van der Waals surface area contributed by atoms with Crippen molar-refractivity contribution in [2.75, 3.05) is 24.1 Å². The number of rotatable bonds is 6. The molecule has 2 heterocycles. The van der Waals surface area contributed by atoms with Crippen molar-refractivity contribution in [2.45, 2.75) is 55.9 Å². The van der Waals surface area contributed by atoms with Crippen molar-refractivity contribution in [3.05, 3.63) is 53.6 Å². The molecular formula is C24H28F3NO5S. The molecule has 0 aromatic heterocycles. The summed E-state index contributed by atoms with van der Waals surface area (Å²) in [4.78, 5) is -0.331. The molecule has 0 amide bonds. The van der Waals surface area contributed by atoms with Gasteiger partial charge in [0.2, 0.25) is 0 Å². The molecule has 0 spiro atoms. The van der Waals surface area contributed by atoms with Gasteiger partial charge in [-0.1, -0.05) is 19.1 Å². The molecule has 2 aromatic carbocycles. The van der Waals surface area contributed by atoms with Crippen LogP contribution in [0.15, 0.2) is 47.4 Å². The van der Waals surface area contributed by atoms with E-state index in [0.717, 1.165) is 18.4 Å². The first-order chi connectivity index (χ1) is 16.1. The number of nitrogens with zero attached hydrogens (tertiary/aromatic N) is 1. The minimum atomic E-state index is -4.75. The Labute approximate surface area is 197 Å². The third-order valence-electron chi connectivity index (χ3n) is 6.41. The Balaban J connectivity index is 1.65. The fourth-order valence-electron chi connectivity index (χ4n) is 4.49. The second kappa shape index (κ2) is 9.75. The molecule has 0 bridgehead atoms. The number of hydrogen-bond donors (Lipinski definition) is 1. The number of alkyl halides is 3. The van der Waals surface area contributed by atoms with E-state index in [9.17, 15) is 26.7 Å². The topological polar surface area (TPSA) is 76.1 Å². The number of aliphatic hydroxyl groups is 1. The Kier molecular flexibility index (Phi) is 7.12. The van der Waals surface area contributed by atoms with Crippen molar-refractivity contribution in [3.63, 3.8) is 0 Å². The van der Waals surface area contributed by atoms with Gasteiger partial charge in [-0.2, -0.15) is 13.2 Å². The number of fused-ring (bicyclic) bond motifs is 1. The maximum absolute atomic E-state index is 13.4. The lowest BCUT2D eigenvalue weighted by Crippen LogP contribution is -2.39. The number of halogens is 3. The Morgan fingerprint density at radius 2 is 1.76 bits per heavy atom. The highest BCUT2D eigenvalue weighted by Gasteiger charge is 2.39. The summed E-state index contributed by atoms with van der Waals surface area (Å²) in [5.41, 5.74) is 1.06. The summed E-state index contributed by atoms with van der Waals surface area (Å²) >= 11 is 0. The molecule has 186 valence electrons. The van der Waals surface area contributed by atoms with E-state index in [-0.39, 0.29) is 34.6 Å². The fraction of sp³-hybridized carbons (Fsp3) is 0.500. The number of aryl methyl sites for hydroxylation is 1. The Bertz CT molecular complexity index is 1100. The van der Waals surface area contributed by atoms with Gasteiger partial charge in [0, 0.05) is 31.1 Å². The average Bonchev–Trinajstić information content (AvgIpc) is 2.82. The zero-order chi connectivity index (χ0) is 24.5. The van der Waals surface area contributed by atoms with Gasteiger partial charge in [0.15, 0.2) is 0 Å². The van der Waals surface area contributed by atoms with E-state index in [0.29, 0.717) is 29.7 Å². The van der Waals surface area contributed by atoms with Crippen molar-refractivity contribution in [3.8, 4) is 5.75 Å². The molecule has 2 unspecified atom stereocenters. The van der Waals surface area contributed by atoms with Gasteiger partial charge in [-0.15, -0.1) is 0 Å². The van der Waals surface area contributed by atoms with E-state index in [1.807, 2.05) is 6.92 Å². The first-order valence-corrected chi connectivity index (χ1v) is 12.8. The van der Waals surface area contributed by atoms with Gasteiger partial charge in [0.05, 0.1) is 16.7 Å². The third kappa shape index (κ3) is 5.34. The van der Waals surface area contributed by atoms with Crippen LogP contribution < -0.4 is 9.04 Å². The predicted octanol–water partition coefficient (Wildman–Crippen LogP) is 4.62. The molecule has 2 aliphatic heterocycles. The second-order valence-corrected chi connectivity index (χ2v) is 10.6. The van der Waals surface area contributed by atoms with E-state index in [1.54, 1.807) is 12.1 Å². The van der Waals surface area contributed by atoms with E-state index in [4.69, 9.17) is 9.47 Å². The van der Waals surface area contributed by atoms with Crippen LogP contribution in [0.1, 0.15) is 43.4 Å². The van der Waals surface area contributed by atoms with Crippen molar-refractivity contribution in [2.24, 2.45) is 5.92 Å². The van der Waals surface area contributed by atoms with Crippen LogP contribution in [0.4, 0.5) is 18.9 Å². The molecule has 1 saturated heterocycles. The van der Waals surface area contributed by atoms with Crippen LogP contribution in [-0.4, -0.2) is 45.6 Å². The molecule has 10 heteroatoms. The second-order valence-electron chi connectivity index (χ2n) is 8.70. The summed E-state index contributed by atoms with van der Waals surface area (Å²) in [5.74, 6) is 0.567. The van der Waals surface area contributed by atoms with Crippen LogP contribution in [0.2, 0.25) is 0 Å². The molecule has 6 nitrogen and oxygen atoms in total. The minimum absolute atomic E-state index is 0.0800. The number of benzene rings is 2. The van der Waals surface area contributed by atoms with Crippen molar-refractivity contribution >= 4 is 15.7 Å². The number of sulfonamides is 1. The van der Waals surface area contributed by atoms with Crippen LogP contribution in [0.5, 0.6) is 5.75 Å². The van der Waals surface area contributed by atoms with Gasteiger partial charge in [-0.25, -0.2) is 8.42 Å². The average molecular weight is 500 g/mol. The first-order valence-electron chi connectivity index (χ1n) is 11.3. The number of ether oxygens (including phenoxy) is 2. The molecule has 4 rings (SSSR count). The zero-order valence-electron chi connectivity index (χ0n) is 18.8. The monoisotopic (exact) mass is 499 g/mol. The van der Waals surface area contributed by atoms with Crippen molar-refractivity contribution in [1.82, 2.24) is 0 Å². The molecule has 34 heavy (non-hydrogen) atoms. The smallest absolute Gasteiger partial charge is 0.407 e. The normalized spacial score (nSPS) is 21.6. The number of hydrogen-bond acceptors (Lipinski definition) is 5. The number of aliphatic hydroxyl groups excluding tert-OH is 1. The van der Waals surface area contributed by atoms with Crippen molar-refractivity contribution in [1.29, 1.82) is 0 Å². The molecule has 2 aliphatic rings. The summed E-state index contributed by atoms with van der Waals surface area (Å²) in [7, 11) is -4.57. The summed E-state index contributed by atoms with van der Waals surface area (Å²) in [6.45, 7) is 1.48. The standard InChI is InChI=1S/C24H28F3NO5S/c1-2-16-3-5-18(6-4-16)28(15-24(25,26)27)34(30,31)19-7-8-22-20(13-19)21(29)14-23(33-22)17-9-11-32-12-10-17/h3-8,13,17,21,23,29H,2,9-12,14-15H2,1H3. The van der Waals surface area contributed by atoms with Gasteiger partial charge in [-0.05, 0) is 55.2 Å². The lowest BCUT2D eigenvalue weighted by Gasteiger charge is -2.36. The van der Waals surface area contributed by atoms with Crippen molar-refractivity contribution < 1.29 is 36.2 Å². The Morgan fingerprint density at radius 1 is 1.09 bits per heavy atom.